The minimum Gasteiger partial charge on any atom is -0.598 e. The Hall–Kier alpha value is -1.74. The van der Waals surface area contributed by atoms with Crippen molar-refractivity contribution in [1.29, 1.82) is 0 Å². The van der Waals surface area contributed by atoms with Gasteiger partial charge >= 0.3 is 0 Å². The molecular formula is C17H20B2N4O3S. The van der Waals surface area contributed by atoms with E-state index in [0.29, 0.717) is 43.1 Å². The molecule has 0 spiro atoms. The summed E-state index contributed by atoms with van der Waals surface area (Å²) in [5.41, 5.74) is 0.944. The molecule has 10 heteroatoms. The number of hydrogen-bond acceptors (Lipinski definition) is 5. The van der Waals surface area contributed by atoms with Crippen molar-refractivity contribution in [2.45, 2.75) is 25.3 Å². The molecule has 7 nitrogen and oxygen atoms in total. The van der Waals surface area contributed by atoms with Crippen LogP contribution in [-0.4, -0.2) is 70.3 Å². The van der Waals surface area contributed by atoms with Gasteiger partial charge in [-0.1, -0.05) is 13.0 Å². The highest BCUT2D eigenvalue weighted by Gasteiger charge is 2.28. The first kappa shape index (κ1) is 20.0. The number of fused-ring (bicyclic) bond motifs is 1. The second-order valence-corrected chi connectivity index (χ2v) is 7.80. The lowest BCUT2D eigenvalue weighted by Crippen LogP contribution is -2.50. The molecule has 1 aliphatic heterocycles. The zero-order valence-electron chi connectivity index (χ0n) is 15.3. The van der Waals surface area contributed by atoms with Crippen LogP contribution in [-0.2, 0) is 22.6 Å². The van der Waals surface area contributed by atoms with Gasteiger partial charge in [0.05, 0.1) is 17.8 Å². The monoisotopic (exact) mass is 382 g/mol. The summed E-state index contributed by atoms with van der Waals surface area (Å²) in [6.45, 7) is 3.21. The van der Waals surface area contributed by atoms with Crippen molar-refractivity contribution in [3.8, 4) is 0 Å². The number of anilines is 1. The second-order valence-electron chi connectivity index (χ2n) is 6.43. The summed E-state index contributed by atoms with van der Waals surface area (Å²) in [5, 5.41) is 9.99. The molecule has 1 unspecified atom stereocenters. The molecule has 0 saturated carbocycles. The summed E-state index contributed by atoms with van der Waals surface area (Å²) in [4.78, 5) is 16.9. The minimum absolute atomic E-state index is 0.338. The van der Waals surface area contributed by atoms with Gasteiger partial charge in [0.15, 0.2) is 0 Å². The fourth-order valence-electron chi connectivity index (χ4n) is 3.21. The second kappa shape index (κ2) is 7.71. The van der Waals surface area contributed by atoms with E-state index in [9.17, 15) is 14.5 Å². The summed E-state index contributed by atoms with van der Waals surface area (Å²) in [6, 6.07) is 3.80. The van der Waals surface area contributed by atoms with Crippen molar-refractivity contribution in [3.05, 3.63) is 35.7 Å². The molecule has 3 rings (SSSR count). The molecular weight excluding hydrogens is 362 g/mol. The molecule has 1 N–H and O–H groups in total. The highest BCUT2D eigenvalue weighted by molar-refractivity contribution is 7.88. The van der Waals surface area contributed by atoms with Crippen molar-refractivity contribution < 1.29 is 14.5 Å². The van der Waals surface area contributed by atoms with Crippen LogP contribution >= 0.6 is 0 Å². The van der Waals surface area contributed by atoms with Crippen LogP contribution in [0.25, 0.3) is 11.2 Å². The van der Waals surface area contributed by atoms with Crippen molar-refractivity contribution in [2.24, 2.45) is 0 Å². The van der Waals surface area contributed by atoms with Crippen molar-refractivity contribution in [1.82, 2.24) is 13.7 Å². The predicted octanol–water partition coefficient (Wildman–Crippen LogP) is 0.183. The van der Waals surface area contributed by atoms with Gasteiger partial charge in [-0.05, 0) is 36.1 Å². The number of nitrogens with zero attached hydrogens (tertiary/aromatic N) is 4. The number of imidazole rings is 1. The number of aromatic nitrogens is 2. The zero-order valence-corrected chi connectivity index (χ0v) is 16.1. The van der Waals surface area contributed by atoms with Gasteiger partial charge < -0.3 is 9.66 Å². The van der Waals surface area contributed by atoms with E-state index in [1.807, 2.05) is 35.6 Å². The maximum absolute atomic E-state index is 11.6. The van der Waals surface area contributed by atoms with Crippen LogP contribution in [0.4, 0.5) is 5.82 Å². The van der Waals surface area contributed by atoms with E-state index in [-0.39, 0.29) is 0 Å². The standard InChI is InChI=1S/C17H20B2N4O3S/c1-3-14-16(23(11-24)17(18,19)25)22-10-13(4-5-15(22)20-14)12-6-8-21(9-7-12)27(2)26/h4-6,10-11,25H,3,7-9H2,1-2H3. The van der Waals surface area contributed by atoms with Gasteiger partial charge in [0.1, 0.15) is 33.4 Å². The Morgan fingerprint density at radius 3 is 2.74 bits per heavy atom. The summed E-state index contributed by atoms with van der Waals surface area (Å²) in [6.07, 6.45) is 7.25. The number of hydrogen-bond donors (Lipinski definition) is 1. The van der Waals surface area contributed by atoms with Crippen molar-refractivity contribution in [3.63, 3.8) is 0 Å². The lowest BCUT2D eigenvalue weighted by atomic mass is 9.72. The van der Waals surface area contributed by atoms with Gasteiger partial charge in [-0.3, -0.25) is 14.1 Å². The third-order valence-electron chi connectivity index (χ3n) is 4.62. The SMILES string of the molecule is [B]C([B])(O)N(C=O)c1c(CC)nc2ccc(C3=CCN([S+](C)[O-])CC3)cn12. The molecule has 1 aliphatic rings. The molecule has 2 aromatic rings. The molecule has 1 amide bonds. The highest BCUT2D eigenvalue weighted by atomic mass is 32.2. The summed E-state index contributed by atoms with van der Waals surface area (Å²) in [5.74, 6) is 0.338. The number of aryl methyl sites for hydroxylation is 1. The molecule has 2 aromatic heterocycles. The average Bonchev–Trinajstić information content (AvgIpc) is 2.99. The van der Waals surface area contributed by atoms with Crippen LogP contribution in [0.1, 0.15) is 24.6 Å². The Labute approximate surface area is 164 Å². The Bertz CT molecular complexity index is 879. The van der Waals surface area contributed by atoms with Crippen LogP contribution < -0.4 is 4.90 Å². The van der Waals surface area contributed by atoms with Crippen LogP contribution in [0.3, 0.4) is 0 Å². The number of carbonyl (C=O) groups excluding carboxylic acids is 1. The van der Waals surface area contributed by atoms with Gasteiger partial charge in [-0.25, -0.2) is 4.98 Å². The summed E-state index contributed by atoms with van der Waals surface area (Å²) >= 11 is -0.992. The first-order valence-corrected chi connectivity index (χ1v) is 10.1. The average molecular weight is 382 g/mol. The van der Waals surface area contributed by atoms with Crippen molar-refractivity contribution in [2.75, 3.05) is 24.2 Å². The normalized spacial score (nSPS) is 17.0. The zero-order chi connectivity index (χ0) is 19.8. The van der Waals surface area contributed by atoms with Gasteiger partial charge in [-0.2, -0.15) is 0 Å². The Balaban J connectivity index is 2.07. The maximum Gasteiger partial charge on any atom is 0.216 e. The largest absolute Gasteiger partial charge is 0.598 e. The van der Waals surface area contributed by atoms with E-state index in [4.69, 9.17) is 15.7 Å². The van der Waals surface area contributed by atoms with Crippen LogP contribution in [0.5, 0.6) is 0 Å². The van der Waals surface area contributed by atoms with E-state index < -0.39 is 16.9 Å². The summed E-state index contributed by atoms with van der Waals surface area (Å²) < 4.78 is 15.2. The molecule has 3 heterocycles. The lowest BCUT2D eigenvalue weighted by Gasteiger charge is -2.32. The van der Waals surface area contributed by atoms with Crippen LogP contribution in [0.2, 0.25) is 0 Å². The third-order valence-corrected chi connectivity index (χ3v) is 5.68. The van der Waals surface area contributed by atoms with E-state index in [1.165, 1.54) is 0 Å². The number of rotatable bonds is 6. The number of aliphatic hydroxyl groups is 1. The van der Waals surface area contributed by atoms with Gasteiger partial charge in [0, 0.05) is 24.1 Å². The molecule has 0 bridgehead atoms. The molecule has 138 valence electrons. The van der Waals surface area contributed by atoms with Crippen molar-refractivity contribution >= 4 is 50.5 Å². The molecule has 0 saturated heterocycles. The summed E-state index contributed by atoms with van der Waals surface area (Å²) in [7, 11) is 11.1. The van der Waals surface area contributed by atoms with Gasteiger partial charge in [0.25, 0.3) is 0 Å². The van der Waals surface area contributed by atoms with E-state index >= 15 is 0 Å². The fraction of sp³-hybridized carbons (Fsp3) is 0.412. The van der Waals surface area contributed by atoms with E-state index in [2.05, 4.69) is 4.98 Å². The Morgan fingerprint density at radius 2 is 2.22 bits per heavy atom. The number of pyridine rings is 1. The molecule has 0 aromatic carbocycles. The van der Waals surface area contributed by atoms with Gasteiger partial charge in [-0.15, -0.1) is 4.31 Å². The highest BCUT2D eigenvalue weighted by Crippen LogP contribution is 2.29. The van der Waals surface area contributed by atoms with E-state index in [0.717, 1.165) is 22.5 Å². The van der Waals surface area contributed by atoms with Crippen LogP contribution in [0.15, 0.2) is 24.4 Å². The smallest absolute Gasteiger partial charge is 0.216 e. The lowest BCUT2D eigenvalue weighted by molar-refractivity contribution is -0.108. The number of amides is 1. The van der Waals surface area contributed by atoms with Gasteiger partial charge in [0.2, 0.25) is 6.41 Å². The molecule has 27 heavy (non-hydrogen) atoms. The minimum atomic E-state index is -2.34. The molecule has 1 atom stereocenters. The van der Waals surface area contributed by atoms with Crippen LogP contribution in [0, 0.1) is 0 Å². The van der Waals surface area contributed by atoms with E-state index in [1.54, 1.807) is 10.7 Å². The topological polar surface area (TPSA) is 84.1 Å². The molecule has 0 aliphatic carbocycles. The fourth-order valence-corrected chi connectivity index (χ4v) is 3.85. The first-order chi connectivity index (χ1) is 12.8. The maximum atomic E-state index is 11.6. The third kappa shape index (κ3) is 3.94. The quantitative estimate of drug-likeness (QED) is 0.334. The predicted molar refractivity (Wildman–Crippen MR) is 108 cm³/mol. The molecule has 4 radical (unpaired) electrons. The Morgan fingerprint density at radius 1 is 1.48 bits per heavy atom. The molecule has 0 fully saturated rings. The Kier molecular flexibility index (Phi) is 5.71. The first-order valence-electron chi connectivity index (χ1n) is 8.60. The number of carbonyl (C=O) groups is 1.